The van der Waals surface area contributed by atoms with Crippen LogP contribution in [0.25, 0.3) is 0 Å². The number of sulfonamides is 1. The van der Waals surface area contributed by atoms with E-state index in [1.165, 1.54) is 5.69 Å². The number of halogens is 1. The summed E-state index contributed by atoms with van der Waals surface area (Å²) in [5, 5.41) is 0. The summed E-state index contributed by atoms with van der Waals surface area (Å²) in [4.78, 5) is 0. The van der Waals surface area contributed by atoms with Gasteiger partial charge < -0.3 is 4.57 Å². The van der Waals surface area contributed by atoms with Crippen molar-refractivity contribution in [3.05, 3.63) is 23.5 Å². The van der Waals surface area contributed by atoms with Gasteiger partial charge in [-0.1, -0.05) is 6.92 Å². The Morgan fingerprint density at radius 1 is 1.42 bits per heavy atom. The molecule has 2 rings (SSSR count). The van der Waals surface area contributed by atoms with Crippen molar-refractivity contribution in [1.29, 1.82) is 0 Å². The zero-order valence-corrected chi connectivity index (χ0v) is 13.2. The van der Waals surface area contributed by atoms with Crippen molar-refractivity contribution in [2.24, 2.45) is 5.92 Å². The highest BCUT2D eigenvalue weighted by Gasteiger charge is 2.33. The maximum Gasteiger partial charge on any atom is 0.215 e. The maximum atomic E-state index is 12.4. The van der Waals surface area contributed by atoms with Gasteiger partial charge in [-0.25, -0.2) is 8.42 Å². The van der Waals surface area contributed by atoms with Crippen LogP contribution in [0.2, 0.25) is 0 Å². The van der Waals surface area contributed by atoms with Gasteiger partial charge in [0, 0.05) is 30.4 Å². The number of alkyl halides is 1. The van der Waals surface area contributed by atoms with Crippen LogP contribution in [0.15, 0.2) is 12.1 Å². The van der Waals surface area contributed by atoms with Gasteiger partial charge >= 0.3 is 0 Å². The fourth-order valence-electron chi connectivity index (χ4n) is 2.68. The van der Waals surface area contributed by atoms with Crippen LogP contribution in [-0.2, 0) is 16.6 Å². The van der Waals surface area contributed by atoms with Crippen LogP contribution in [0.1, 0.15) is 31.3 Å². The van der Waals surface area contributed by atoms with Gasteiger partial charge in [-0.3, -0.25) is 0 Å². The van der Waals surface area contributed by atoms with E-state index in [-0.39, 0.29) is 17.7 Å². The van der Waals surface area contributed by atoms with E-state index < -0.39 is 10.0 Å². The van der Waals surface area contributed by atoms with Crippen molar-refractivity contribution in [3.8, 4) is 0 Å². The summed E-state index contributed by atoms with van der Waals surface area (Å²) in [6, 6.07) is 3.96. The molecule has 0 spiro atoms. The molecule has 1 aliphatic heterocycles. The number of nitrogens with zero attached hydrogens (tertiary/aromatic N) is 2. The highest BCUT2D eigenvalue weighted by molar-refractivity contribution is 7.89. The maximum absolute atomic E-state index is 12.4. The summed E-state index contributed by atoms with van der Waals surface area (Å²) in [6.07, 6.45) is 0. The van der Waals surface area contributed by atoms with Crippen molar-refractivity contribution in [3.63, 3.8) is 0 Å². The van der Waals surface area contributed by atoms with Crippen LogP contribution in [0, 0.1) is 12.8 Å². The lowest BCUT2D eigenvalue weighted by Gasteiger charge is -2.35. The van der Waals surface area contributed by atoms with Gasteiger partial charge in [0.25, 0.3) is 0 Å². The predicted octanol–water partition coefficient (Wildman–Crippen LogP) is 2.38. The zero-order valence-electron chi connectivity index (χ0n) is 11.6. The second-order valence-electron chi connectivity index (χ2n) is 5.38. The number of rotatable bonds is 4. The molecule has 0 radical (unpaired) electrons. The molecule has 0 N–H and O–H groups in total. The third-order valence-corrected chi connectivity index (χ3v) is 6.48. The highest BCUT2D eigenvalue weighted by atomic mass is 35.5. The van der Waals surface area contributed by atoms with Gasteiger partial charge in [-0.05, 0) is 31.9 Å². The molecule has 0 amide bonds. The van der Waals surface area contributed by atoms with Crippen molar-refractivity contribution >= 4 is 21.6 Å². The third-order valence-electron chi connectivity index (χ3n) is 3.75. The molecule has 1 aromatic rings. The molecule has 0 saturated heterocycles. The van der Waals surface area contributed by atoms with Crippen molar-refractivity contribution in [2.45, 2.75) is 33.4 Å². The summed E-state index contributed by atoms with van der Waals surface area (Å²) in [6.45, 7) is 7.14. The number of aromatic nitrogens is 1. The second-order valence-corrected chi connectivity index (χ2v) is 7.65. The molecule has 0 aromatic carbocycles. The molecule has 0 bridgehead atoms. The van der Waals surface area contributed by atoms with E-state index >= 15 is 0 Å². The van der Waals surface area contributed by atoms with E-state index in [2.05, 4.69) is 11.5 Å². The van der Waals surface area contributed by atoms with Crippen LogP contribution in [0.3, 0.4) is 0 Å². The fourth-order valence-corrected chi connectivity index (χ4v) is 4.90. The Bertz CT molecular complexity index is 553. The molecule has 0 saturated carbocycles. The lowest BCUT2D eigenvalue weighted by Crippen LogP contribution is -2.43. The van der Waals surface area contributed by atoms with Gasteiger partial charge in [0.1, 0.15) is 0 Å². The molecule has 0 fully saturated rings. The monoisotopic (exact) mass is 304 g/mol. The minimum absolute atomic E-state index is 0.0192. The lowest BCUT2D eigenvalue weighted by atomic mass is 10.2. The first-order valence-corrected chi connectivity index (χ1v) is 8.72. The van der Waals surface area contributed by atoms with E-state index in [1.807, 2.05) is 26.0 Å². The Labute approximate surface area is 120 Å². The predicted molar refractivity (Wildman–Crippen MR) is 78.0 cm³/mol. The molecule has 19 heavy (non-hydrogen) atoms. The number of hydrogen-bond donors (Lipinski definition) is 0. The summed E-state index contributed by atoms with van der Waals surface area (Å²) in [7, 11) is -3.24. The van der Waals surface area contributed by atoms with Gasteiger partial charge in [0.2, 0.25) is 10.0 Å². The summed E-state index contributed by atoms with van der Waals surface area (Å²) >= 11 is 5.73. The van der Waals surface area contributed by atoms with Crippen LogP contribution >= 0.6 is 11.6 Å². The van der Waals surface area contributed by atoms with Gasteiger partial charge in [0.15, 0.2) is 0 Å². The Morgan fingerprint density at radius 3 is 2.74 bits per heavy atom. The molecule has 4 nitrogen and oxygen atoms in total. The topological polar surface area (TPSA) is 42.3 Å². The number of fused-ring (bicyclic) bond motifs is 1. The Balaban J connectivity index is 2.24. The summed E-state index contributed by atoms with van der Waals surface area (Å²) < 4.78 is 28.7. The van der Waals surface area contributed by atoms with Crippen LogP contribution in [-0.4, -0.2) is 35.5 Å². The molecule has 108 valence electrons. The van der Waals surface area contributed by atoms with Crippen molar-refractivity contribution in [2.75, 3.05) is 18.2 Å². The molecule has 2 heterocycles. The largest absolute Gasteiger partial charge is 0.346 e. The van der Waals surface area contributed by atoms with Crippen LogP contribution in [0.4, 0.5) is 0 Å². The zero-order chi connectivity index (χ0) is 14.2. The van der Waals surface area contributed by atoms with E-state index in [0.29, 0.717) is 12.4 Å². The van der Waals surface area contributed by atoms with Crippen LogP contribution in [0.5, 0.6) is 0 Å². The average Bonchev–Trinajstić information content (AvgIpc) is 2.71. The quantitative estimate of drug-likeness (QED) is 0.802. The average molecular weight is 305 g/mol. The molecule has 2 atom stereocenters. The van der Waals surface area contributed by atoms with E-state index in [4.69, 9.17) is 11.6 Å². The normalized spacial score (nSPS) is 22.2. The van der Waals surface area contributed by atoms with Gasteiger partial charge in [0.05, 0.1) is 11.8 Å². The Morgan fingerprint density at radius 2 is 2.11 bits per heavy atom. The first-order chi connectivity index (χ1) is 8.86. The Hall–Kier alpha value is -0.520. The van der Waals surface area contributed by atoms with E-state index in [0.717, 1.165) is 12.2 Å². The molecular weight excluding hydrogens is 284 g/mol. The Kier molecular flexibility index (Phi) is 4.28. The van der Waals surface area contributed by atoms with Crippen molar-refractivity contribution in [1.82, 2.24) is 8.87 Å². The smallest absolute Gasteiger partial charge is 0.215 e. The minimum Gasteiger partial charge on any atom is -0.346 e. The molecule has 1 aliphatic rings. The van der Waals surface area contributed by atoms with Crippen molar-refractivity contribution < 1.29 is 8.42 Å². The number of aryl methyl sites for hydroxylation is 1. The van der Waals surface area contributed by atoms with Gasteiger partial charge in [-0.15, -0.1) is 11.6 Å². The summed E-state index contributed by atoms with van der Waals surface area (Å²) in [5.74, 6) is 0.478. The summed E-state index contributed by atoms with van der Waals surface area (Å²) in [5.41, 5.74) is 2.26. The van der Waals surface area contributed by atoms with E-state index in [9.17, 15) is 8.42 Å². The number of hydrogen-bond acceptors (Lipinski definition) is 2. The SMILES string of the molecule is Cc1ccc2n1CCN(S(=O)(=O)CC(C)CCl)C2C. The molecule has 1 aromatic heterocycles. The highest BCUT2D eigenvalue weighted by Crippen LogP contribution is 2.30. The lowest BCUT2D eigenvalue weighted by molar-refractivity contribution is 0.279. The second kappa shape index (κ2) is 5.46. The molecule has 0 aliphatic carbocycles. The fraction of sp³-hybridized carbons (Fsp3) is 0.692. The van der Waals surface area contributed by atoms with Crippen LogP contribution < -0.4 is 0 Å². The molecule has 2 unspecified atom stereocenters. The van der Waals surface area contributed by atoms with Gasteiger partial charge in [-0.2, -0.15) is 4.31 Å². The molecular formula is C13H21ClN2O2S. The van der Waals surface area contributed by atoms with E-state index in [1.54, 1.807) is 4.31 Å². The minimum atomic E-state index is -3.24. The molecule has 6 heteroatoms. The third kappa shape index (κ3) is 2.83. The standard InChI is InChI=1S/C13H21ClN2O2S/c1-10(8-14)9-19(17,18)16-7-6-15-11(2)4-5-13(15)12(16)3/h4-5,10,12H,6-9H2,1-3H3. The first-order valence-electron chi connectivity index (χ1n) is 6.58. The first kappa shape index (κ1) is 14.9.